The van der Waals surface area contributed by atoms with Crippen LogP contribution in [-0.4, -0.2) is 12.1 Å². The van der Waals surface area contributed by atoms with Crippen molar-refractivity contribution in [1.29, 1.82) is 0 Å². The molecule has 0 bridgehead atoms. The molecular weight excluding hydrogens is 252 g/mol. The van der Waals surface area contributed by atoms with Crippen LogP contribution in [-0.2, 0) is 0 Å². The number of hydrogen-bond acceptors (Lipinski definition) is 2. The number of carbonyl (C=O) groups is 1. The molecule has 16 heavy (non-hydrogen) atoms. The molecule has 2 nitrogen and oxygen atoms in total. The summed E-state index contributed by atoms with van der Waals surface area (Å²) in [5, 5.41) is -0.264. The minimum Gasteiger partial charge on any atom is -0.403 e. The fraction of sp³-hybridized carbons (Fsp3) is 0.222. The van der Waals surface area contributed by atoms with Gasteiger partial charge in [0.25, 0.3) is 0 Å². The second-order valence-corrected chi connectivity index (χ2v) is 3.25. The van der Waals surface area contributed by atoms with Gasteiger partial charge in [-0.3, -0.25) is 4.79 Å². The molecule has 0 radical (unpaired) electrons. The molecule has 0 aromatic heterocycles. The highest BCUT2D eigenvalue weighted by molar-refractivity contribution is 6.33. The molecule has 0 aliphatic heterocycles. The number of Topliss-reactive ketones (excluding diaryl/α,β-unsaturated/α-hetero) is 1. The van der Waals surface area contributed by atoms with E-state index in [0.717, 1.165) is 13.0 Å². The Bertz CT molecular complexity index is 428. The molecule has 1 aromatic rings. The number of rotatable bonds is 2. The predicted molar refractivity (Wildman–Crippen MR) is 48.1 cm³/mol. The van der Waals surface area contributed by atoms with Crippen LogP contribution in [0.4, 0.5) is 17.6 Å². The monoisotopic (exact) mass is 256 g/mol. The predicted octanol–water partition coefficient (Wildman–Crippen LogP) is 3.58. The maximum absolute atomic E-state index is 13.4. The Morgan fingerprint density at radius 1 is 1.38 bits per heavy atom. The van der Waals surface area contributed by atoms with Crippen LogP contribution in [0.25, 0.3) is 0 Å². The second-order valence-electron chi connectivity index (χ2n) is 2.84. The summed E-state index contributed by atoms with van der Waals surface area (Å²) in [6, 6.07) is 1.67. The summed E-state index contributed by atoms with van der Waals surface area (Å²) in [5.41, 5.74) is -0.622. The van der Waals surface area contributed by atoms with Gasteiger partial charge in [0.15, 0.2) is 17.3 Å². The summed E-state index contributed by atoms with van der Waals surface area (Å²) < 4.78 is 52.3. The molecule has 0 saturated carbocycles. The maximum atomic E-state index is 13.4. The molecule has 0 N–H and O–H groups in total. The molecule has 0 amide bonds. The maximum Gasteiger partial charge on any atom is 0.573 e. The SMILES string of the molecule is CC(=O)c1c(Cl)ccc(OC(F)(F)F)c1F. The van der Waals surface area contributed by atoms with Gasteiger partial charge in [-0.15, -0.1) is 13.2 Å². The van der Waals surface area contributed by atoms with Crippen LogP contribution in [0.5, 0.6) is 5.75 Å². The van der Waals surface area contributed by atoms with E-state index in [1.165, 1.54) is 0 Å². The Morgan fingerprint density at radius 2 is 1.94 bits per heavy atom. The first-order valence-electron chi connectivity index (χ1n) is 3.97. The lowest BCUT2D eigenvalue weighted by Crippen LogP contribution is -2.18. The van der Waals surface area contributed by atoms with Crippen LogP contribution in [0.3, 0.4) is 0 Å². The highest BCUT2D eigenvalue weighted by atomic mass is 35.5. The van der Waals surface area contributed by atoms with Gasteiger partial charge in [-0.05, 0) is 19.1 Å². The van der Waals surface area contributed by atoms with Gasteiger partial charge in [0.1, 0.15) is 0 Å². The van der Waals surface area contributed by atoms with Crippen molar-refractivity contribution in [3.63, 3.8) is 0 Å². The molecule has 88 valence electrons. The number of ketones is 1. The molecule has 0 atom stereocenters. The zero-order valence-electron chi connectivity index (χ0n) is 7.86. The van der Waals surface area contributed by atoms with Crippen molar-refractivity contribution >= 4 is 17.4 Å². The van der Waals surface area contributed by atoms with Gasteiger partial charge >= 0.3 is 6.36 Å². The van der Waals surface area contributed by atoms with Gasteiger partial charge in [-0.2, -0.15) is 0 Å². The molecule has 1 rings (SSSR count). The Labute approximate surface area is 92.8 Å². The van der Waals surface area contributed by atoms with Gasteiger partial charge in [-0.25, -0.2) is 4.39 Å². The first-order chi connectivity index (χ1) is 7.22. The molecule has 0 unspecified atom stereocenters. The summed E-state index contributed by atoms with van der Waals surface area (Å²) in [4.78, 5) is 10.9. The van der Waals surface area contributed by atoms with Crippen molar-refractivity contribution in [1.82, 2.24) is 0 Å². The normalized spacial score (nSPS) is 11.4. The van der Waals surface area contributed by atoms with Gasteiger partial charge in [0.05, 0.1) is 10.6 Å². The lowest BCUT2D eigenvalue weighted by molar-refractivity contribution is -0.275. The third-order valence-electron chi connectivity index (χ3n) is 1.63. The largest absolute Gasteiger partial charge is 0.573 e. The minimum absolute atomic E-state index is 0.264. The van der Waals surface area contributed by atoms with E-state index in [1.807, 2.05) is 0 Å². The summed E-state index contributed by atoms with van der Waals surface area (Å²) >= 11 is 5.47. The van der Waals surface area contributed by atoms with E-state index in [2.05, 4.69) is 4.74 Å². The lowest BCUT2D eigenvalue weighted by Gasteiger charge is -2.11. The summed E-state index contributed by atoms with van der Waals surface area (Å²) in [6.45, 7) is 0.988. The van der Waals surface area contributed by atoms with E-state index < -0.39 is 29.3 Å². The average Bonchev–Trinajstić information content (AvgIpc) is 2.07. The van der Waals surface area contributed by atoms with E-state index in [1.54, 1.807) is 0 Å². The Kier molecular flexibility index (Phi) is 3.42. The summed E-state index contributed by atoms with van der Waals surface area (Å²) in [6.07, 6.45) is -5.03. The molecule has 0 heterocycles. The Balaban J connectivity index is 3.24. The van der Waals surface area contributed by atoms with E-state index in [-0.39, 0.29) is 5.02 Å². The number of carbonyl (C=O) groups excluding carboxylic acids is 1. The number of hydrogen-bond donors (Lipinski definition) is 0. The van der Waals surface area contributed by atoms with Crippen molar-refractivity contribution in [3.8, 4) is 5.75 Å². The van der Waals surface area contributed by atoms with Gasteiger partial charge in [0.2, 0.25) is 0 Å². The topological polar surface area (TPSA) is 26.3 Å². The van der Waals surface area contributed by atoms with Crippen molar-refractivity contribution < 1.29 is 27.1 Å². The number of alkyl halides is 3. The lowest BCUT2D eigenvalue weighted by atomic mass is 10.1. The first kappa shape index (κ1) is 12.8. The standard InChI is InChI=1S/C9H5ClF4O2/c1-4(15)7-5(10)2-3-6(8(7)11)16-9(12,13)14/h2-3H,1H3. The van der Waals surface area contributed by atoms with Crippen LogP contribution < -0.4 is 4.74 Å². The van der Waals surface area contributed by atoms with Gasteiger partial charge < -0.3 is 4.74 Å². The average molecular weight is 257 g/mol. The molecule has 0 aliphatic rings. The summed E-state index contributed by atoms with van der Waals surface area (Å²) in [7, 11) is 0. The quantitative estimate of drug-likeness (QED) is 0.597. The highest BCUT2D eigenvalue weighted by Gasteiger charge is 2.33. The number of halogens is 5. The molecule has 0 saturated heterocycles. The van der Waals surface area contributed by atoms with Crippen LogP contribution in [0.2, 0.25) is 5.02 Å². The zero-order valence-corrected chi connectivity index (χ0v) is 8.62. The fourth-order valence-corrected chi connectivity index (χ4v) is 1.34. The van der Waals surface area contributed by atoms with E-state index in [4.69, 9.17) is 11.6 Å². The van der Waals surface area contributed by atoms with Crippen LogP contribution in [0.15, 0.2) is 12.1 Å². The molecule has 7 heteroatoms. The highest BCUT2D eigenvalue weighted by Crippen LogP contribution is 2.31. The van der Waals surface area contributed by atoms with E-state index in [0.29, 0.717) is 6.07 Å². The van der Waals surface area contributed by atoms with Crippen molar-refractivity contribution in [2.45, 2.75) is 13.3 Å². The third-order valence-corrected chi connectivity index (χ3v) is 1.95. The van der Waals surface area contributed by atoms with Crippen molar-refractivity contribution in [2.24, 2.45) is 0 Å². The number of benzene rings is 1. The smallest absolute Gasteiger partial charge is 0.403 e. The molecule has 0 spiro atoms. The van der Waals surface area contributed by atoms with Gasteiger partial charge in [-0.1, -0.05) is 11.6 Å². The summed E-state index contributed by atoms with van der Waals surface area (Å²) in [5.74, 6) is -3.28. The molecule has 1 aromatic carbocycles. The second kappa shape index (κ2) is 4.29. The minimum atomic E-state index is -5.03. The van der Waals surface area contributed by atoms with Crippen LogP contribution in [0, 0.1) is 5.82 Å². The van der Waals surface area contributed by atoms with E-state index in [9.17, 15) is 22.4 Å². The number of ether oxygens (including phenoxy) is 1. The molecule has 0 aliphatic carbocycles. The fourth-order valence-electron chi connectivity index (χ4n) is 1.06. The van der Waals surface area contributed by atoms with Crippen LogP contribution >= 0.6 is 11.6 Å². The van der Waals surface area contributed by atoms with Crippen molar-refractivity contribution in [2.75, 3.05) is 0 Å². The van der Waals surface area contributed by atoms with Crippen molar-refractivity contribution in [3.05, 3.63) is 28.5 Å². The zero-order chi connectivity index (χ0) is 12.5. The van der Waals surface area contributed by atoms with Crippen LogP contribution in [0.1, 0.15) is 17.3 Å². The molecular formula is C9H5ClF4O2. The third kappa shape index (κ3) is 2.85. The molecule has 0 fully saturated rings. The van der Waals surface area contributed by atoms with Gasteiger partial charge in [0, 0.05) is 0 Å². The Hall–Kier alpha value is -1.30. The Morgan fingerprint density at radius 3 is 2.38 bits per heavy atom. The first-order valence-corrected chi connectivity index (χ1v) is 4.35. The van der Waals surface area contributed by atoms with E-state index >= 15 is 0 Å².